The molecule has 2 amide bonds. The van der Waals surface area contributed by atoms with Gasteiger partial charge in [-0.05, 0) is 62.2 Å². The topological polar surface area (TPSA) is 86.8 Å². The third kappa shape index (κ3) is 7.11. The van der Waals surface area contributed by atoms with E-state index in [0.717, 1.165) is 15.9 Å². The Morgan fingerprint density at radius 1 is 1.00 bits per heavy atom. The SMILES string of the molecule is CCCNC(=O)C(C)N(Cc1ccc(Cl)cc1)C(=O)CN(c1ccccc1F)S(=O)(=O)c1ccc(C)cc1. The summed E-state index contributed by atoms with van der Waals surface area (Å²) in [5.74, 6) is -1.85. The molecule has 3 aromatic carbocycles. The molecule has 202 valence electrons. The lowest BCUT2D eigenvalue weighted by atomic mass is 10.1. The smallest absolute Gasteiger partial charge is 0.264 e. The molecule has 0 saturated carbocycles. The first kappa shape index (κ1) is 29.1. The van der Waals surface area contributed by atoms with Gasteiger partial charge in [-0.2, -0.15) is 0 Å². The molecule has 0 aliphatic carbocycles. The number of amides is 2. The fraction of sp³-hybridized carbons (Fsp3) is 0.286. The summed E-state index contributed by atoms with van der Waals surface area (Å²) in [5, 5.41) is 3.28. The highest BCUT2D eigenvalue weighted by Gasteiger charge is 2.33. The van der Waals surface area contributed by atoms with Gasteiger partial charge in [0, 0.05) is 18.1 Å². The second-order valence-corrected chi connectivity index (χ2v) is 11.2. The minimum atomic E-state index is -4.33. The molecule has 0 aliphatic rings. The van der Waals surface area contributed by atoms with Gasteiger partial charge in [0.05, 0.1) is 10.6 Å². The molecule has 0 saturated heterocycles. The summed E-state index contributed by atoms with van der Waals surface area (Å²) < 4.78 is 43.0. The Morgan fingerprint density at radius 2 is 1.63 bits per heavy atom. The maximum Gasteiger partial charge on any atom is 0.264 e. The van der Waals surface area contributed by atoms with Crippen molar-refractivity contribution >= 4 is 39.1 Å². The van der Waals surface area contributed by atoms with Crippen molar-refractivity contribution in [3.8, 4) is 0 Å². The van der Waals surface area contributed by atoms with Gasteiger partial charge in [0.2, 0.25) is 11.8 Å². The van der Waals surface area contributed by atoms with Crippen LogP contribution >= 0.6 is 11.6 Å². The van der Waals surface area contributed by atoms with Gasteiger partial charge in [0.15, 0.2) is 0 Å². The van der Waals surface area contributed by atoms with Crippen LogP contribution in [0, 0.1) is 12.7 Å². The molecule has 0 aliphatic heterocycles. The van der Waals surface area contributed by atoms with Crippen LogP contribution in [0.15, 0.2) is 77.7 Å². The number of carbonyl (C=O) groups is 2. The monoisotopic (exact) mass is 559 g/mol. The highest BCUT2D eigenvalue weighted by atomic mass is 35.5. The van der Waals surface area contributed by atoms with Gasteiger partial charge in [-0.1, -0.05) is 60.5 Å². The van der Waals surface area contributed by atoms with Crippen LogP contribution in [-0.2, 0) is 26.2 Å². The molecule has 0 radical (unpaired) electrons. The number of rotatable bonds is 11. The van der Waals surface area contributed by atoms with Gasteiger partial charge in [0.25, 0.3) is 10.0 Å². The fourth-order valence-corrected chi connectivity index (χ4v) is 5.32. The van der Waals surface area contributed by atoms with Crippen LogP contribution in [0.25, 0.3) is 0 Å². The lowest BCUT2D eigenvalue weighted by Gasteiger charge is -2.32. The van der Waals surface area contributed by atoms with Crippen molar-refractivity contribution in [1.29, 1.82) is 0 Å². The molecule has 0 aromatic heterocycles. The predicted octanol–water partition coefficient (Wildman–Crippen LogP) is 4.93. The van der Waals surface area contributed by atoms with E-state index in [0.29, 0.717) is 23.6 Å². The molecule has 0 spiro atoms. The van der Waals surface area contributed by atoms with Gasteiger partial charge < -0.3 is 10.2 Å². The number of hydrogen-bond donors (Lipinski definition) is 1. The minimum Gasteiger partial charge on any atom is -0.354 e. The number of aryl methyl sites for hydroxylation is 1. The molecule has 3 rings (SSSR count). The first-order valence-electron chi connectivity index (χ1n) is 12.2. The first-order valence-corrected chi connectivity index (χ1v) is 14.0. The Labute approximate surface area is 228 Å². The van der Waals surface area contributed by atoms with E-state index in [9.17, 15) is 22.4 Å². The molecule has 38 heavy (non-hydrogen) atoms. The second kappa shape index (κ2) is 12.9. The average Bonchev–Trinajstić information content (AvgIpc) is 2.90. The number of nitrogens with zero attached hydrogens (tertiary/aromatic N) is 2. The van der Waals surface area contributed by atoms with E-state index in [1.54, 1.807) is 43.3 Å². The van der Waals surface area contributed by atoms with Crippen LogP contribution in [0.5, 0.6) is 0 Å². The van der Waals surface area contributed by atoms with Gasteiger partial charge in [-0.15, -0.1) is 0 Å². The van der Waals surface area contributed by atoms with Crippen molar-refractivity contribution in [2.24, 2.45) is 0 Å². The van der Waals surface area contributed by atoms with Crippen LogP contribution in [0.2, 0.25) is 5.02 Å². The van der Waals surface area contributed by atoms with E-state index in [4.69, 9.17) is 11.6 Å². The van der Waals surface area contributed by atoms with Crippen LogP contribution in [-0.4, -0.2) is 44.3 Å². The normalized spacial score (nSPS) is 12.0. The number of carbonyl (C=O) groups excluding carboxylic acids is 2. The highest BCUT2D eigenvalue weighted by molar-refractivity contribution is 7.92. The molecule has 0 fully saturated rings. The van der Waals surface area contributed by atoms with Crippen molar-refractivity contribution in [2.75, 3.05) is 17.4 Å². The van der Waals surface area contributed by atoms with E-state index in [-0.39, 0.29) is 23.0 Å². The average molecular weight is 560 g/mol. The third-order valence-electron chi connectivity index (χ3n) is 5.99. The molecule has 7 nitrogen and oxygen atoms in total. The van der Waals surface area contributed by atoms with Gasteiger partial charge >= 0.3 is 0 Å². The number of hydrogen-bond acceptors (Lipinski definition) is 4. The maximum atomic E-state index is 14.9. The summed E-state index contributed by atoms with van der Waals surface area (Å²) in [6.07, 6.45) is 0.708. The molecule has 10 heteroatoms. The number of nitrogens with one attached hydrogen (secondary N) is 1. The zero-order valence-electron chi connectivity index (χ0n) is 21.5. The predicted molar refractivity (Wildman–Crippen MR) is 147 cm³/mol. The van der Waals surface area contributed by atoms with Gasteiger partial charge in [0.1, 0.15) is 18.4 Å². The van der Waals surface area contributed by atoms with Crippen LogP contribution in [0.3, 0.4) is 0 Å². The fourth-order valence-electron chi connectivity index (χ4n) is 3.77. The van der Waals surface area contributed by atoms with Crippen molar-refractivity contribution in [2.45, 2.75) is 44.7 Å². The summed E-state index contributed by atoms with van der Waals surface area (Å²) in [6.45, 7) is 5.02. The van der Waals surface area contributed by atoms with Gasteiger partial charge in [-0.25, -0.2) is 12.8 Å². The molecular weight excluding hydrogens is 529 g/mol. The Kier molecular flexibility index (Phi) is 9.88. The number of para-hydroxylation sites is 1. The third-order valence-corrected chi connectivity index (χ3v) is 8.02. The molecule has 0 bridgehead atoms. The van der Waals surface area contributed by atoms with E-state index < -0.39 is 34.3 Å². The maximum absolute atomic E-state index is 14.9. The summed E-state index contributed by atoms with van der Waals surface area (Å²) in [4.78, 5) is 27.8. The largest absolute Gasteiger partial charge is 0.354 e. The van der Waals surface area contributed by atoms with Crippen molar-refractivity contribution in [3.05, 3.63) is 94.8 Å². The molecule has 3 aromatic rings. The number of sulfonamides is 1. The lowest BCUT2D eigenvalue weighted by Crippen LogP contribution is -2.51. The van der Waals surface area contributed by atoms with Crippen molar-refractivity contribution < 1.29 is 22.4 Å². The standard InChI is InChI=1S/C28H31ClFN3O4S/c1-4-17-31-28(35)21(3)32(18-22-11-13-23(29)14-12-22)27(34)19-33(26-8-6-5-7-25(26)30)38(36,37)24-15-9-20(2)10-16-24/h5-16,21H,4,17-19H2,1-3H3,(H,31,35). The molecule has 0 heterocycles. The Morgan fingerprint density at radius 3 is 2.24 bits per heavy atom. The minimum absolute atomic E-state index is 0.0202. The summed E-state index contributed by atoms with van der Waals surface area (Å²) in [7, 11) is -4.33. The van der Waals surface area contributed by atoms with Crippen LogP contribution in [0.4, 0.5) is 10.1 Å². The van der Waals surface area contributed by atoms with Crippen LogP contribution in [0.1, 0.15) is 31.4 Å². The number of benzene rings is 3. The summed E-state index contributed by atoms with van der Waals surface area (Å²) >= 11 is 6.00. The first-order chi connectivity index (χ1) is 18.0. The number of halogens is 2. The van der Waals surface area contributed by atoms with Crippen LogP contribution < -0.4 is 9.62 Å². The zero-order chi connectivity index (χ0) is 27.9. The van der Waals surface area contributed by atoms with E-state index >= 15 is 0 Å². The Bertz CT molecular complexity index is 1370. The molecule has 1 atom stereocenters. The second-order valence-electron chi connectivity index (χ2n) is 8.89. The van der Waals surface area contributed by atoms with E-state index in [1.807, 2.05) is 13.8 Å². The lowest BCUT2D eigenvalue weighted by molar-refractivity contribution is -0.139. The Balaban J connectivity index is 2.02. The summed E-state index contributed by atoms with van der Waals surface area (Å²) in [5.41, 5.74) is 1.27. The van der Waals surface area contributed by atoms with Crippen molar-refractivity contribution in [1.82, 2.24) is 10.2 Å². The molecule has 1 unspecified atom stereocenters. The van der Waals surface area contributed by atoms with Crippen molar-refractivity contribution in [3.63, 3.8) is 0 Å². The van der Waals surface area contributed by atoms with E-state index in [2.05, 4.69) is 5.32 Å². The van der Waals surface area contributed by atoms with Gasteiger partial charge in [-0.3, -0.25) is 13.9 Å². The molecule has 1 N–H and O–H groups in total. The zero-order valence-corrected chi connectivity index (χ0v) is 23.1. The molecular formula is C28H31ClFN3O4S. The van der Waals surface area contributed by atoms with E-state index in [1.165, 1.54) is 35.2 Å². The summed E-state index contributed by atoms with van der Waals surface area (Å²) in [6, 6.07) is 17.3. The Hall–Kier alpha value is -3.43. The highest BCUT2D eigenvalue weighted by Crippen LogP contribution is 2.27. The quantitative estimate of drug-likeness (QED) is 0.361. The number of anilines is 1.